The van der Waals surface area contributed by atoms with Crippen LogP contribution >= 0.6 is 0 Å². The molecule has 0 saturated heterocycles. The van der Waals surface area contributed by atoms with Crippen LogP contribution in [0.3, 0.4) is 0 Å². The fourth-order valence-corrected chi connectivity index (χ4v) is 36.6. The summed E-state index contributed by atoms with van der Waals surface area (Å²) in [5.74, 6) is 0. The monoisotopic (exact) mass is 1230 g/mol. The Morgan fingerprint density at radius 1 is 0.120 bits per heavy atom. The van der Waals surface area contributed by atoms with Gasteiger partial charge in [-0.05, 0) is 115 Å². The van der Waals surface area contributed by atoms with Crippen molar-refractivity contribution in [3.8, 4) is 0 Å². The Morgan fingerprint density at radius 3 is 0.337 bits per heavy atom. The van der Waals surface area contributed by atoms with Crippen molar-refractivity contribution < 1.29 is 0 Å². The molecule has 0 aromatic heterocycles. The van der Waals surface area contributed by atoms with Crippen LogP contribution in [-0.4, -0.2) is 32.3 Å². The standard InChI is InChI=1S/C88H66Si4/c1-13-37-67(38-14-1)89(68-39-15-2-16-40-68,69-41-17-3-18-42-69)83-65-84(90(70-43-19-4-20-44-70,71-45-21-5-22-46-71)72-47-23-6-24-48-72)80-63-64-82-86(92(76-55-31-10-32-56-76,77-57-33-11-34-58-77)78-59-35-12-36-60-78)66-85(81-62-61-79(83)87(80)88(81)82)91(73-49-25-7-26-50-73,74-51-27-8-28-52-74)75-53-29-9-30-54-75/h1-66H. The summed E-state index contributed by atoms with van der Waals surface area (Å²) in [6.07, 6.45) is 0. The molecule has 0 fully saturated rings. The number of rotatable bonds is 16. The average Bonchev–Trinajstić information content (AvgIpc) is 0.679. The fraction of sp³-hybridized carbons (Fsp3) is 0. The Labute approximate surface area is 544 Å². The van der Waals surface area contributed by atoms with E-state index < -0.39 is 32.3 Å². The molecule has 0 bridgehead atoms. The molecule has 0 N–H and O–H groups in total. The van der Waals surface area contributed by atoms with Gasteiger partial charge in [-0.2, -0.15) is 0 Å². The van der Waals surface area contributed by atoms with Crippen molar-refractivity contribution in [2.24, 2.45) is 0 Å². The maximum Gasteiger partial charge on any atom is 0.180 e. The molecule has 0 heterocycles. The zero-order chi connectivity index (χ0) is 61.4. The quantitative estimate of drug-likeness (QED) is 0.0514. The SMILES string of the molecule is c1ccc([Si](c2ccccc2)(c2ccccc2)c2cc([Si](c3ccccc3)(c3ccccc3)c3ccccc3)c3ccc4c([Si](c5ccccc5)(c5ccccc5)c5ccccc5)cc([Si](c5ccccc5)(c5ccccc5)c5ccccc5)c5ccc2c3c54)cc1. The second kappa shape index (κ2) is 24.0. The lowest BCUT2D eigenvalue weighted by molar-refractivity contribution is 1.67. The second-order valence-electron chi connectivity index (χ2n) is 24.4. The smallest absolute Gasteiger partial charge is 0.0623 e. The van der Waals surface area contributed by atoms with Crippen LogP contribution in [0.1, 0.15) is 0 Å². The van der Waals surface area contributed by atoms with Crippen LogP contribution < -0.4 is 83.0 Å². The van der Waals surface area contributed by atoms with Gasteiger partial charge in [0.2, 0.25) is 0 Å². The first-order valence-electron chi connectivity index (χ1n) is 32.2. The summed E-state index contributed by atoms with van der Waals surface area (Å²) in [6.45, 7) is 0. The van der Waals surface area contributed by atoms with Gasteiger partial charge >= 0.3 is 0 Å². The molecular formula is C88H66Si4. The van der Waals surface area contributed by atoms with Gasteiger partial charge in [-0.3, -0.25) is 0 Å². The van der Waals surface area contributed by atoms with Crippen molar-refractivity contribution in [3.63, 3.8) is 0 Å². The van der Waals surface area contributed by atoms with Gasteiger partial charge in [-0.15, -0.1) is 0 Å². The Hall–Kier alpha value is -10.6. The molecule has 4 heteroatoms. The van der Waals surface area contributed by atoms with Gasteiger partial charge in [0, 0.05) is 0 Å². The van der Waals surface area contributed by atoms with Gasteiger partial charge in [0.25, 0.3) is 0 Å². The highest BCUT2D eigenvalue weighted by Crippen LogP contribution is 2.37. The van der Waals surface area contributed by atoms with E-state index in [4.69, 9.17) is 0 Å². The van der Waals surface area contributed by atoms with E-state index in [1.54, 1.807) is 0 Å². The molecule has 0 aliphatic heterocycles. The molecule has 0 amide bonds. The minimum Gasteiger partial charge on any atom is -0.0623 e. The van der Waals surface area contributed by atoms with Crippen LogP contribution in [0.4, 0.5) is 0 Å². The van der Waals surface area contributed by atoms with Crippen molar-refractivity contribution in [2.75, 3.05) is 0 Å². The first-order valence-corrected chi connectivity index (χ1v) is 40.2. The molecule has 0 saturated carbocycles. The first kappa shape index (κ1) is 56.6. The number of benzene rings is 16. The highest BCUT2D eigenvalue weighted by atomic mass is 28.3. The van der Waals surface area contributed by atoms with Gasteiger partial charge < -0.3 is 0 Å². The lowest BCUT2D eigenvalue weighted by Crippen LogP contribution is -2.78. The summed E-state index contributed by atoms with van der Waals surface area (Å²) >= 11 is 0. The molecule has 92 heavy (non-hydrogen) atoms. The first-order chi connectivity index (χ1) is 45.7. The van der Waals surface area contributed by atoms with Crippen molar-refractivity contribution in [2.45, 2.75) is 0 Å². The normalized spacial score (nSPS) is 12.1. The van der Waals surface area contributed by atoms with Crippen LogP contribution in [0, 0.1) is 0 Å². The molecule has 0 aliphatic carbocycles. The minimum atomic E-state index is -3.38. The van der Waals surface area contributed by atoms with Crippen LogP contribution in [0.25, 0.3) is 32.3 Å². The molecular weight excluding hydrogens is 1170 g/mol. The van der Waals surface area contributed by atoms with Crippen molar-refractivity contribution >= 4 is 148 Å². The summed E-state index contributed by atoms with van der Waals surface area (Å²) in [6, 6.07) is 155. The predicted molar refractivity (Wildman–Crippen MR) is 405 cm³/mol. The fourth-order valence-electron chi connectivity index (χ4n) is 16.4. The Bertz CT molecular complexity index is 4110. The zero-order valence-corrected chi connectivity index (χ0v) is 55.1. The minimum absolute atomic E-state index is 1.29. The molecule has 0 aliphatic rings. The molecule has 0 spiro atoms. The number of hydrogen-bond acceptors (Lipinski definition) is 0. The maximum atomic E-state index is 2.79. The van der Waals surface area contributed by atoms with E-state index in [0.29, 0.717) is 0 Å². The highest BCUT2D eigenvalue weighted by Gasteiger charge is 2.51. The highest BCUT2D eigenvalue weighted by molar-refractivity contribution is 7.25. The van der Waals surface area contributed by atoms with Gasteiger partial charge in [-0.1, -0.05) is 400 Å². The molecule has 0 unspecified atom stereocenters. The van der Waals surface area contributed by atoms with Crippen molar-refractivity contribution in [3.05, 3.63) is 400 Å². The molecule has 0 radical (unpaired) electrons. The number of hydrogen-bond donors (Lipinski definition) is 0. The zero-order valence-electron chi connectivity index (χ0n) is 51.1. The van der Waals surface area contributed by atoms with E-state index >= 15 is 0 Å². The second-order valence-corrected chi connectivity index (χ2v) is 39.5. The van der Waals surface area contributed by atoms with Crippen molar-refractivity contribution in [1.29, 1.82) is 0 Å². The van der Waals surface area contributed by atoms with Gasteiger partial charge in [0.05, 0.1) is 0 Å². The van der Waals surface area contributed by atoms with Crippen LogP contribution in [0.5, 0.6) is 0 Å². The Kier molecular flexibility index (Phi) is 14.8. The lowest BCUT2D eigenvalue weighted by atomic mass is 9.94. The lowest BCUT2D eigenvalue weighted by Gasteiger charge is -2.41. The predicted octanol–water partition coefficient (Wildman–Crippen LogP) is 10.1. The third kappa shape index (κ3) is 8.81. The summed E-state index contributed by atoms with van der Waals surface area (Å²) in [7, 11) is -13.5. The van der Waals surface area contributed by atoms with E-state index in [2.05, 4.69) is 400 Å². The summed E-state index contributed by atoms with van der Waals surface area (Å²) < 4.78 is 0. The summed E-state index contributed by atoms with van der Waals surface area (Å²) in [5.41, 5.74) is 0. The Morgan fingerprint density at radius 2 is 0.228 bits per heavy atom. The molecule has 16 rings (SSSR count). The van der Waals surface area contributed by atoms with E-state index in [0.717, 1.165) is 0 Å². The van der Waals surface area contributed by atoms with E-state index in [1.807, 2.05) is 0 Å². The summed E-state index contributed by atoms with van der Waals surface area (Å²) in [5, 5.41) is 29.5. The van der Waals surface area contributed by atoms with Crippen LogP contribution in [-0.2, 0) is 0 Å². The van der Waals surface area contributed by atoms with E-state index in [-0.39, 0.29) is 0 Å². The summed E-state index contributed by atoms with van der Waals surface area (Å²) in [4.78, 5) is 0. The molecule has 16 aromatic carbocycles. The molecule has 0 nitrogen and oxygen atoms in total. The van der Waals surface area contributed by atoms with Gasteiger partial charge in [0.1, 0.15) is 0 Å². The molecule has 16 aromatic rings. The van der Waals surface area contributed by atoms with Crippen LogP contribution in [0.15, 0.2) is 400 Å². The third-order valence-electron chi connectivity index (χ3n) is 20.0. The van der Waals surface area contributed by atoms with E-state index in [9.17, 15) is 0 Å². The van der Waals surface area contributed by atoms with Crippen molar-refractivity contribution in [1.82, 2.24) is 0 Å². The van der Waals surface area contributed by atoms with E-state index in [1.165, 1.54) is 115 Å². The third-order valence-corrected chi connectivity index (χ3v) is 39.3. The largest absolute Gasteiger partial charge is 0.180 e. The van der Waals surface area contributed by atoms with Crippen LogP contribution in [0.2, 0.25) is 0 Å². The topological polar surface area (TPSA) is 0 Å². The average molecular weight is 1240 g/mol. The van der Waals surface area contributed by atoms with Gasteiger partial charge in [0.15, 0.2) is 32.3 Å². The van der Waals surface area contributed by atoms with Gasteiger partial charge in [-0.25, -0.2) is 0 Å². The molecule has 0 atom stereocenters. The Balaban J connectivity index is 1.24. The maximum absolute atomic E-state index is 3.38. The molecule has 434 valence electrons.